The first-order valence-corrected chi connectivity index (χ1v) is 9.95. The maximum absolute atomic E-state index is 13.1. The molecule has 0 aliphatic carbocycles. The van der Waals surface area contributed by atoms with Crippen LogP contribution >= 0.6 is 35.6 Å². The zero-order valence-electron chi connectivity index (χ0n) is 15.9. The standard InChI is InChI=1S/C22H22Cl2N2O.ClH/c1-14-3-7-20-17(11-14)18-13-25(2)10-9-21(18)26(20)22(27)8-5-15-4-6-16(23)12-19(15)24;/h3-8,11-12,18,21H,9-10,13H2,1-2H3;1H/b8-5+;. The highest BCUT2D eigenvalue weighted by Gasteiger charge is 2.43. The van der Waals surface area contributed by atoms with Gasteiger partial charge in [0.2, 0.25) is 0 Å². The van der Waals surface area contributed by atoms with Gasteiger partial charge in [-0.3, -0.25) is 4.79 Å². The number of piperidine rings is 1. The Morgan fingerprint density at radius 1 is 1.18 bits per heavy atom. The van der Waals surface area contributed by atoms with Crippen molar-refractivity contribution in [3.63, 3.8) is 0 Å². The number of benzene rings is 2. The summed E-state index contributed by atoms with van der Waals surface area (Å²) in [6.07, 6.45) is 4.38. The minimum atomic E-state index is 0. The molecule has 1 amide bonds. The molecule has 0 aromatic heterocycles. The van der Waals surface area contributed by atoms with Crippen molar-refractivity contribution >= 4 is 53.3 Å². The lowest BCUT2D eigenvalue weighted by atomic mass is 9.89. The number of hydrogen-bond donors (Lipinski definition) is 0. The largest absolute Gasteiger partial charge is 0.306 e. The van der Waals surface area contributed by atoms with Gasteiger partial charge in [0.1, 0.15) is 0 Å². The highest BCUT2D eigenvalue weighted by Crippen LogP contribution is 2.45. The molecule has 148 valence electrons. The Morgan fingerprint density at radius 2 is 1.96 bits per heavy atom. The fraction of sp³-hybridized carbons (Fsp3) is 0.318. The highest BCUT2D eigenvalue weighted by atomic mass is 35.5. The Morgan fingerprint density at radius 3 is 2.71 bits per heavy atom. The molecule has 28 heavy (non-hydrogen) atoms. The molecule has 2 atom stereocenters. The lowest BCUT2D eigenvalue weighted by Gasteiger charge is -2.36. The summed E-state index contributed by atoms with van der Waals surface area (Å²) in [7, 11) is 2.15. The van der Waals surface area contributed by atoms with Gasteiger partial charge in [0, 0.05) is 40.3 Å². The predicted molar refractivity (Wildman–Crippen MR) is 120 cm³/mol. The van der Waals surface area contributed by atoms with E-state index in [4.69, 9.17) is 23.2 Å². The number of fused-ring (bicyclic) bond motifs is 3. The Hall–Kier alpha value is -1.52. The van der Waals surface area contributed by atoms with Crippen molar-refractivity contribution in [1.29, 1.82) is 0 Å². The summed E-state index contributed by atoms with van der Waals surface area (Å²) >= 11 is 12.2. The maximum Gasteiger partial charge on any atom is 0.251 e. The molecule has 2 aromatic carbocycles. The molecule has 2 aliphatic heterocycles. The number of likely N-dealkylation sites (tertiary alicyclic amines) is 1. The first-order valence-electron chi connectivity index (χ1n) is 9.19. The van der Waals surface area contributed by atoms with Crippen molar-refractivity contribution in [2.24, 2.45) is 0 Å². The Balaban J connectivity index is 0.00000225. The van der Waals surface area contributed by atoms with E-state index in [0.717, 1.165) is 30.8 Å². The molecular weight excluding hydrogens is 415 g/mol. The maximum atomic E-state index is 13.1. The Labute approximate surface area is 182 Å². The van der Waals surface area contributed by atoms with Crippen LogP contribution in [0.1, 0.15) is 29.0 Å². The molecule has 0 spiro atoms. The van der Waals surface area contributed by atoms with Gasteiger partial charge in [-0.05, 0) is 62.3 Å². The molecule has 6 heteroatoms. The molecule has 1 saturated heterocycles. The molecule has 2 heterocycles. The number of aryl methyl sites for hydroxylation is 1. The summed E-state index contributed by atoms with van der Waals surface area (Å²) in [4.78, 5) is 17.5. The fourth-order valence-corrected chi connectivity index (χ4v) is 4.72. The predicted octanol–water partition coefficient (Wildman–Crippen LogP) is 5.57. The number of anilines is 1. The Bertz CT molecular complexity index is 928. The average molecular weight is 438 g/mol. The number of halogens is 3. The summed E-state index contributed by atoms with van der Waals surface area (Å²) in [5.41, 5.74) is 4.36. The van der Waals surface area contributed by atoms with Gasteiger partial charge < -0.3 is 9.80 Å². The van der Waals surface area contributed by atoms with E-state index in [1.54, 1.807) is 24.3 Å². The molecule has 2 unspecified atom stereocenters. The van der Waals surface area contributed by atoms with Crippen LogP contribution in [0.4, 0.5) is 5.69 Å². The summed E-state index contributed by atoms with van der Waals surface area (Å²) in [6.45, 7) is 4.09. The van der Waals surface area contributed by atoms with Crippen LogP contribution in [0, 0.1) is 6.92 Å². The fourth-order valence-electron chi connectivity index (χ4n) is 4.25. The third kappa shape index (κ3) is 3.95. The molecule has 3 nitrogen and oxygen atoms in total. The minimum absolute atomic E-state index is 0. The second-order valence-electron chi connectivity index (χ2n) is 7.49. The van der Waals surface area contributed by atoms with Gasteiger partial charge in [-0.25, -0.2) is 0 Å². The highest BCUT2D eigenvalue weighted by molar-refractivity contribution is 6.35. The van der Waals surface area contributed by atoms with Gasteiger partial charge in [0.15, 0.2) is 0 Å². The number of amides is 1. The van der Waals surface area contributed by atoms with Crippen LogP contribution in [0.5, 0.6) is 0 Å². The second-order valence-corrected chi connectivity index (χ2v) is 8.34. The topological polar surface area (TPSA) is 23.6 Å². The summed E-state index contributed by atoms with van der Waals surface area (Å²) < 4.78 is 0. The van der Waals surface area contributed by atoms with Crippen LogP contribution in [0.25, 0.3) is 6.08 Å². The van der Waals surface area contributed by atoms with Crippen molar-refractivity contribution in [3.05, 3.63) is 69.2 Å². The van der Waals surface area contributed by atoms with Crippen LogP contribution in [-0.2, 0) is 4.79 Å². The third-order valence-electron chi connectivity index (χ3n) is 5.56. The van der Waals surface area contributed by atoms with Gasteiger partial charge in [0.05, 0.1) is 0 Å². The normalized spacial score (nSPS) is 21.4. The van der Waals surface area contributed by atoms with Gasteiger partial charge >= 0.3 is 0 Å². The average Bonchev–Trinajstić information content (AvgIpc) is 2.94. The van der Waals surface area contributed by atoms with Crippen molar-refractivity contribution < 1.29 is 4.79 Å². The zero-order valence-corrected chi connectivity index (χ0v) is 18.2. The molecule has 0 saturated carbocycles. The zero-order chi connectivity index (χ0) is 19.1. The van der Waals surface area contributed by atoms with Crippen LogP contribution in [-0.4, -0.2) is 37.0 Å². The first kappa shape index (κ1) is 21.2. The summed E-state index contributed by atoms with van der Waals surface area (Å²) in [5, 5.41) is 1.13. The number of carbonyl (C=O) groups is 1. The number of hydrogen-bond acceptors (Lipinski definition) is 2. The lowest BCUT2D eigenvalue weighted by molar-refractivity contribution is -0.114. The molecule has 2 aromatic rings. The summed E-state index contributed by atoms with van der Waals surface area (Å²) in [6, 6.07) is 11.9. The van der Waals surface area contributed by atoms with E-state index in [1.807, 2.05) is 11.0 Å². The van der Waals surface area contributed by atoms with Crippen LogP contribution < -0.4 is 4.90 Å². The van der Waals surface area contributed by atoms with E-state index < -0.39 is 0 Å². The van der Waals surface area contributed by atoms with Crippen LogP contribution in [0.3, 0.4) is 0 Å². The minimum Gasteiger partial charge on any atom is -0.306 e. The Kier molecular flexibility index (Phi) is 6.41. The molecule has 4 rings (SSSR count). The number of nitrogens with zero attached hydrogens (tertiary/aromatic N) is 2. The molecule has 0 N–H and O–H groups in total. The lowest BCUT2D eigenvalue weighted by Crippen LogP contribution is -2.46. The van der Waals surface area contributed by atoms with Gasteiger partial charge in [-0.15, -0.1) is 12.4 Å². The van der Waals surface area contributed by atoms with E-state index in [9.17, 15) is 4.79 Å². The molecule has 0 radical (unpaired) electrons. The van der Waals surface area contributed by atoms with Gasteiger partial charge in [-0.1, -0.05) is 47.0 Å². The van der Waals surface area contributed by atoms with E-state index in [-0.39, 0.29) is 24.4 Å². The molecule has 0 bridgehead atoms. The second kappa shape index (κ2) is 8.46. The number of rotatable bonds is 2. The van der Waals surface area contributed by atoms with Crippen molar-refractivity contribution in [1.82, 2.24) is 4.90 Å². The number of carbonyl (C=O) groups excluding carboxylic acids is 1. The first-order chi connectivity index (χ1) is 12.9. The SMILES string of the molecule is Cc1ccc2c(c1)C1CN(C)CCC1N2C(=O)/C=C/c1ccc(Cl)cc1Cl.Cl. The quantitative estimate of drug-likeness (QED) is 0.573. The van der Waals surface area contributed by atoms with Crippen LogP contribution in [0.15, 0.2) is 42.5 Å². The summed E-state index contributed by atoms with van der Waals surface area (Å²) in [5.74, 6) is 0.373. The van der Waals surface area contributed by atoms with E-state index in [1.165, 1.54) is 11.1 Å². The van der Waals surface area contributed by atoms with Crippen molar-refractivity contribution in [2.45, 2.75) is 25.3 Å². The smallest absolute Gasteiger partial charge is 0.251 e. The molecule has 1 fully saturated rings. The monoisotopic (exact) mass is 436 g/mol. The van der Waals surface area contributed by atoms with Crippen LogP contribution in [0.2, 0.25) is 10.0 Å². The van der Waals surface area contributed by atoms with Crippen molar-refractivity contribution in [2.75, 3.05) is 25.0 Å². The van der Waals surface area contributed by atoms with Gasteiger partial charge in [-0.2, -0.15) is 0 Å². The van der Waals surface area contributed by atoms with E-state index in [2.05, 4.69) is 37.1 Å². The van der Waals surface area contributed by atoms with Crippen molar-refractivity contribution in [3.8, 4) is 0 Å². The van der Waals surface area contributed by atoms with E-state index in [0.29, 0.717) is 16.0 Å². The molecule has 2 aliphatic rings. The molecular formula is C22H23Cl3N2O. The van der Waals surface area contributed by atoms with Gasteiger partial charge in [0.25, 0.3) is 5.91 Å². The number of likely N-dealkylation sites (N-methyl/N-ethyl adjacent to an activating group) is 1. The third-order valence-corrected chi connectivity index (χ3v) is 6.12. The van der Waals surface area contributed by atoms with E-state index >= 15 is 0 Å².